The summed E-state index contributed by atoms with van der Waals surface area (Å²) in [7, 11) is 0. The molecule has 1 amide bonds. The van der Waals surface area contributed by atoms with Crippen LogP contribution in [0.5, 0.6) is 0 Å². The smallest absolute Gasteiger partial charge is 0.338 e. The van der Waals surface area contributed by atoms with Crippen LogP contribution in [0.15, 0.2) is 54.6 Å². The fourth-order valence-corrected chi connectivity index (χ4v) is 5.68. The number of anilines is 1. The number of aldehydes is 1. The summed E-state index contributed by atoms with van der Waals surface area (Å²) in [6, 6.07) is 16.5. The molecule has 1 aliphatic heterocycles. The molecule has 2 atom stereocenters. The third-order valence-electron chi connectivity index (χ3n) is 7.76. The lowest BCUT2D eigenvalue weighted by Gasteiger charge is -2.44. The Kier molecular flexibility index (Phi) is 8.14. The minimum absolute atomic E-state index is 0.134. The van der Waals surface area contributed by atoms with E-state index in [1.165, 1.54) is 5.56 Å². The Morgan fingerprint density at radius 3 is 2.30 bits per heavy atom. The molecule has 0 bridgehead atoms. The molecule has 198 valence electrons. The molecule has 37 heavy (non-hydrogen) atoms. The average molecular weight is 506 g/mol. The number of nitrogens with two attached hydrogens (primary N) is 1. The van der Waals surface area contributed by atoms with E-state index < -0.39 is 23.2 Å². The molecular formula is C30H39N3O4. The zero-order valence-electron chi connectivity index (χ0n) is 22.1. The highest BCUT2D eigenvalue weighted by Crippen LogP contribution is 2.43. The molecule has 0 unspecified atom stereocenters. The van der Waals surface area contributed by atoms with Crippen molar-refractivity contribution < 1.29 is 19.1 Å². The summed E-state index contributed by atoms with van der Waals surface area (Å²) in [6.07, 6.45) is 4.93. The van der Waals surface area contributed by atoms with Crippen molar-refractivity contribution in [2.24, 2.45) is 11.7 Å². The molecule has 2 aromatic rings. The highest BCUT2D eigenvalue weighted by Gasteiger charge is 2.49. The van der Waals surface area contributed by atoms with Crippen LogP contribution >= 0.6 is 0 Å². The molecule has 1 saturated carbocycles. The largest absolute Gasteiger partial charge is 0.456 e. The minimum Gasteiger partial charge on any atom is -0.456 e. The third kappa shape index (κ3) is 6.28. The number of carbonyl (C=O) groups excluding carboxylic acids is 3. The maximum atomic E-state index is 13.6. The van der Waals surface area contributed by atoms with Crippen LogP contribution in [0.4, 0.5) is 5.69 Å². The molecule has 4 rings (SSSR count). The molecule has 2 aromatic carbocycles. The molecule has 3 N–H and O–H groups in total. The number of likely N-dealkylation sites (tertiary alicyclic amines) is 1. The van der Waals surface area contributed by atoms with Crippen molar-refractivity contribution in [1.29, 1.82) is 0 Å². The number of rotatable bonds is 7. The quantitative estimate of drug-likeness (QED) is 0.424. The van der Waals surface area contributed by atoms with Gasteiger partial charge in [-0.1, -0.05) is 30.3 Å². The van der Waals surface area contributed by atoms with E-state index in [1.807, 2.05) is 39.0 Å². The maximum absolute atomic E-state index is 13.6. The lowest BCUT2D eigenvalue weighted by atomic mass is 9.76. The second kappa shape index (κ2) is 11.2. The van der Waals surface area contributed by atoms with Crippen LogP contribution < -0.4 is 11.1 Å². The van der Waals surface area contributed by atoms with Crippen molar-refractivity contribution in [2.75, 3.05) is 18.4 Å². The van der Waals surface area contributed by atoms with Gasteiger partial charge in [-0.3, -0.25) is 9.69 Å². The summed E-state index contributed by atoms with van der Waals surface area (Å²) in [5.41, 5.74) is 6.89. The van der Waals surface area contributed by atoms with E-state index in [-0.39, 0.29) is 11.8 Å². The van der Waals surface area contributed by atoms with Gasteiger partial charge in [0.15, 0.2) is 0 Å². The second-order valence-corrected chi connectivity index (χ2v) is 11.5. The Morgan fingerprint density at radius 2 is 1.73 bits per heavy atom. The van der Waals surface area contributed by atoms with E-state index in [1.54, 1.807) is 24.3 Å². The van der Waals surface area contributed by atoms with Gasteiger partial charge in [-0.25, -0.2) is 4.79 Å². The second-order valence-electron chi connectivity index (χ2n) is 11.5. The van der Waals surface area contributed by atoms with Gasteiger partial charge in [0.05, 0.1) is 17.1 Å². The van der Waals surface area contributed by atoms with Gasteiger partial charge >= 0.3 is 5.97 Å². The Morgan fingerprint density at radius 1 is 1.08 bits per heavy atom. The van der Waals surface area contributed by atoms with Crippen LogP contribution in [0.1, 0.15) is 74.7 Å². The molecule has 1 heterocycles. The first-order valence-electron chi connectivity index (χ1n) is 13.3. The zero-order chi connectivity index (χ0) is 26.6. The molecule has 7 nitrogen and oxygen atoms in total. The fourth-order valence-electron chi connectivity index (χ4n) is 5.68. The number of nitrogens with zero attached hydrogens (tertiary/aromatic N) is 1. The van der Waals surface area contributed by atoms with Gasteiger partial charge in [-0.15, -0.1) is 0 Å². The zero-order valence-corrected chi connectivity index (χ0v) is 22.1. The van der Waals surface area contributed by atoms with Crippen molar-refractivity contribution in [1.82, 2.24) is 4.90 Å². The Balaban J connectivity index is 1.53. The van der Waals surface area contributed by atoms with E-state index in [4.69, 9.17) is 10.5 Å². The Hall–Kier alpha value is -3.03. The van der Waals surface area contributed by atoms with Crippen LogP contribution in [-0.2, 0) is 14.3 Å². The van der Waals surface area contributed by atoms with E-state index in [9.17, 15) is 14.4 Å². The van der Waals surface area contributed by atoms with E-state index in [2.05, 4.69) is 22.3 Å². The number of ether oxygens (including phenoxy) is 1. The van der Waals surface area contributed by atoms with Gasteiger partial charge in [-0.05, 0) is 101 Å². The molecule has 0 aromatic heterocycles. The Labute approximate surface area is 219 Å². The topological polar surface area (TPSA) is 102 Å². The molecule has 0 spiro atoms. The van der Waals surface area contributed by atoms with E-state index >= 15 is 0 Å². The lowest BCUT2D eigenvalue weighted by molar-refractivity contribution is -0.129. The SMILES string of the molecule is CC(C)(C)OC(=O)c1ccc(NC(=O)[C@@H]2C[C@H](c3ccccc3)CN2C2(C=O)CCC(CN)CC2)cc1. The third-order valence-corrected chi connectivity index (χ3v) is 7.76. The van der Waals surface area contributed by atoms with Gasteiger partial charge in [0.1, 0.15) is 11.9 Å². The monoisotopic (exact) mass is 505 g/mol. The molecule has 1 aliphatic carbocycles. The van der Waals surface area contributed by atoms with Crippen LogP contribution in [0, 0.1) is 5.92 Å². The number of hydrogen-bond acceptors (Lipinski definition) is 6. The van der Waals surface area contributed by atoms with Crippen molar-refractivity contribution in [2.45, 2.75) is 76.0 Å². The van der Waals surface area contributed by atoms with Crippen LogP contribution in [0.3, 0.4) is 0 Å². The van der Waals surface area contributed by atoms with Crippen LogP contribution in [-0.4, -0.2) is 53.3 Å². The summed E-state index contributed by atoms with van der Waals surface area (Å²) in [5, 5.41) is 3.03. The highest BCUT2D eigenvalue weighted by molar-refractivity contribution is 5.96. The molecule has 2 aliphatic rings. The predicted octanol–water partition coefficient (Wildman–Crippen LogP) is 4.53. The minimum atomic E-state index is -0.655. The summed E-state index contributed by atoms with van der Waals surface area (Å²) in [6.45, 7) is 6.76. The van der Waals surface area contributed by atoms with E-state index in [0.717, 1.165) is 19.1 Å². The maximum Gasteiger partial charge on any atom is 0.338 e. The standard InChI is InChI=1S/C30H39N3O4/c1-29(2,3)37-28(36)23-9-11-25(12-10-23)32-27(35)26-17-24(22-7-5-4-6-8-22)19-33(26)30(20-34)15-13-21(18-31)14-16-30/h4-12,20-21,24,26H,13-19,31H2,1-3H3,(H,32,35)/t21?,24-,26-,30?/m0/s1. The molecular weight excluding hydrogens is 466 g/mol. The van der Waals surface area contributed by atoms with Gasteiger partial charge in [0.2, 0.25) is 5.91 Å². The molecule has 2 fully saturated rings. The van der Waals surface area contributed by atoms with Crippen molar-refractivity contribution >= 4 is 23.9 Å². The summed E-state index contributed by atoms with van der Waals surface area (Å²) in [5.74, 6) is 0.0524. The summed E-state index contributed by atoms with van der Waals surface area (Å²) >= 11 is 0. The molecule has 7 heteroatoms. The van der Waals surface area contributed by atoms with Crippen molar-refractivity contribution in [3.8, 4) is 0 Å². The van der Waals surface area contributed by atoms with Gasteiger partial charge in [-0.2, -0.15) is 0 Å². The molecule has 1 saturated heterocycles. The lowest BCUT2D eigenvalue weighted by Crippen LogP contribution is -2.57. The van der Waals surface area contributed by atoms with Gasteiger partial charge in [0.25, 0.3) is 0 Å². The number of amides is 1. The first-order valence-corrected chi connectivity index (χ1v) is 13.3. The summed E-state index contributed by atoms with van der Waals surface area (Å²) < 4.78 is 5.43. The first-order chi connectivity index (χ1) is 17.6. The first kappa shape index (κ1) is 27.0. The van der Waals surface area contributed by atoms with Crippen LogP contribution in [0.2, 0.25) is 0 Å². The van der Waals surface area contributed by atoms with Crippen molar-refractivity contribution in [3.05, 3.63) is 65.7 Å². The summed E-state index contributed by atoms with van der Waals surface area (Å²) in [4.78, 5) is 40.7. The predicted molar refractivity (Wildman–Crippen MR) is 144 cm³/mol. The van der Waals surface area contributed by atoms with E-state index in [0.29, 0.717) is 49.5 Å². The van der Waals surface area contributed by atoms with Crippen LogP contribution in [0.25, 0.3) is 0 Å². The molecule has 0 radical (unpaired) electrons. The number of benzene rings is 2. The highest BCUT2D eigenvalue weighted by atomic mass is 16.6. The van der Waals surface area contributed by atoms with Gasteiger partial charge < -0.3 is 20.6 Å². The number of nitrogens with one attached hydrogen (secondary N) is 1. The number of hydrogen-bond donors (Lipinski definition) is 2. The van der Waals surface area contributed by atoms with Crippen molar-refractivity contribution in [3.63, 3.8) is 0 Å². The number of carbonyl (C=O) groups is 3. The van der Waals surface area contributed by atoms with Gasteiger partial charge in [0, 0.05) is 12.2 Å². The number of esters is 1. The Bertz CT molecular complexity index is 1090. The normalized spacial score (nSPS) is 26.4. The fraction of sp³-hybridized carbons (Fsp3) is 0.500. The average Bonchev–Trinajstić information content (AvgIpc) is 3.35.